The molecule has 2 heterocycles. The molecule has 120 valence electrons. The van der Waals surface area contributed by atoms with Gasteiger partial charge >= 0.3 is 0 Å². The number of aromatic nitrogens is 2. The number of hydrogen-bond donors (Lipinski definition) is 0. The summed E-state index contributed by atoms with van der Waals surface area (Å²) in [4.78, 5) is 18.9. The Morgan fingerprint density at radius 3 is 2.58 bits per heavy atom. The molecule has 2 aromatic carbocycles. The van der Waals surface area contributed by atoms with E-state index in [1.165, 1.54) is 23.3 Å². The Balaban J connectivity index is 1.62. The number of carbonyl (C=O) groups is 1. The number of carbonyl (C=O) groups excluding carboxylic acids is 1. The van der Waals surface area contributed by atoms with Crippen molar-refractivity contribution in [1.29, 1.82) is 0 Å². The summed E-state index contributed by atoms with van der Waals surface area (Å²) >= 11 is 0. The molecule has 1 aromatic heterocycles. The van der Waals surface area contributed by atoms with Crippen LogP contribution in [0.5, 0.6) is 0 Å². The summed E-state index contributed by atoms with van der Waals surface area (Å²) in [6.07, 6.45) is 4.00. The third-order valence-electron chi connectivity index (χ3n) is 4.38. The smallest absolute Gasteiger partial charge is 0.272 e. The van der Waals surface area contributed by atoms with Crippen molar-refractivity contribution in [2.24, 2.45) is 0 Å². The van der Waals surface area contributed by atoms with Crippen LogP contribution in [0.4, 0.5) is 4.39 Å². The molecule has 0 aliphatic carbocycles. The molecule has 5 heteroatoms. The number of hydrogen-bond acceptors (Lipinski definition) is 2. The average Bonchev–Trinajstić information content (AvgIpc) is 3.11. The number of benzene rings is 2. The first kappa shape index (κ1) is 14.6. The van der Waals surface area contributed by atoms with Crippen molar-refractivity contribution in [3.05, 3.63) is 83.7 Å². The lowest BCUT2D eigenvalue weighted by Crippen LogP contribution is -2.36. The topological polar surface area (TPSA) is 38.1 Å². The first-order valence-electron chi connectivity index (χ1n) is 7.87. The highest BCUT2D eigenvalue weighted by Crippen LogP contribution is 2.21. The lowest BCUT2D eigenvalue weighted by Gasteiger charge is -2.29. The summed E-state index contributed by atoms with van der Waals surface area (Å²) in [5.41, 5.74) is 3.69. The zero-order chi connectivity index (χ0) is 16.5. The molecule has 0 atom stereocenters. The average molecular weight is 321 g/mol. The fourth-order valence-corrected chi connectivity index (χ4v) is 3.09. The van der Waals surface area contributed by atoms with Crippen LogP contribution in [0.3, 0.4) is 0 Å². The lowest BCUT2D eigenvalue weighted by molar-refractivity contribution is 0.0726. The van der Waals surface area contributed by atoms with Gasteiger partial charge < -0.3 is 4.90 Å². The van der Waals surface area contributed by atoms with Gasteiger partial charge in [0.05, 0.1) is 12.5 Å². The SMILES string of the molecule is O=C(c1cncn1-c1ccc(F)cc1)N1CCc2ccccc2C1. The maximum Gasteiger partial charge on any atom is 0.272 e. The van der Waals surface area contributed by atoms with Gasteiger partial charge in [-0.1, -0.05) is 24.3 Å². The summed E-state index contributed by atoms with van der Waals surface area (Å²) in [5.74, 6) is -0.370. The normalized spacial score (nSPS) is 13.6. The van der Waals surface area contributed by atoms with Crippen LogP contribution in [-0.4, -0.2) is 26.9 Å². The molecule has 0 N–H and O–H groups in total. The first-order valence-corrected chi connectivity index (χ1v) is 7.87. The van der Waals surface area contributed by atoms with Crippen LogP contribution in [0.2, 0.25) is 0 Å². The van der Waals surface area contributed by atoms with Crippen molar-refractivity contribution in [3.63, 3.8) is 0 Å². The standard InChI is InChI=1S/C19H16FN3O/c20-16-5-7-17(8-6-16)23-13-21-11-18(23)19(24)22-10-9-14-3-1-2-4-15(14)12-22/h1-8,11,13H,9-10,12H2. The third kappa shape index (κ3) is 2.58. The second-order valence-corrected chi connectivity index (χ2v) is 5.87. The van der Waals surface area contributed by atoms with Crippen LogP contribution in [0.1, 0.15) is 21.6 Å². The fraction of sp³-hybridized carbons (Fsp3) is 0.158. The van der Waals surface area contributed by atoms with Gasteiger partial charge in [-0.25, -0.2) is 9.37 Å². The van der Waals surface area contributed by atoms with Crippen molar-refractivity contribution in [3.8, 4) is 5.69 Å². The molecule has 4 rings (SSSR count). The molecule has 0 radical (unpaired) electrons. The van der Waals surface area contributed by atoms with Gasteiger partial charge in [0.25, 0.3) is 5.91 Å². The van der Waals surface area contributed by atoms with E-state index in [1.54, 1.807) is 29.2 Å². The highest BCUT2D eigenvalue weighted by atomic mass is 19.1. The minimum atomic E-state index is -0.306. The van der Waals surface area contributed by atoms with Crippen LogP contribution < -0.4 is 0 Å². The quantitative estimate of drug-likeness (QED) is 0.727. The number of amides is 1. The van der Waals surface area contributed by atoms with E-state index in [0.29, 0.717) is 18.8 Å². The highest BCUT2D eigenvalue weighted by Gasteiger charge is 2.24. The van der Waals surface area contributed by atoms with E-state index in [0.717, 1.165) is 12.1 Å². The molecule has 0 spiro atoms. The Labute approximate surface area is 139 Å². The molecule has 1 aliphatic rings. The van der Waals surface area contributed by atoms with Gasteiger partial charge in [0.1, 0.15) is 11.5 Å². The van der Waals surface area contributed by atoms with Gasteiger partial charge in [0.2, 0.25) is 0 Å². The summed E-state index contributed by atoms with van der Waals surface area (Å²) in [6, 6.07) is 14.2. The van der Waals surface area contributed by atoms with E-state index in [9.17, 15) is 9.18 Å². The molecule has 0 bridgehead atoms. The van der Waals surface area contributed by atoms with Crippen molar-refractivity contribution in [2.75, 3.05) is 6.54 Å². The van der Waals surface area contributed by atoms with Crippen molar-refractivity contribution >= 4 is 5.91 Å². The zero-order valence-corrected chi connectivity index (χ0v) is 13.0. The van der Waals surface area contributed by atoms with Gasteiger partial charge in [0, 0.05) is 18.8 Å². The number of rotatable bonds is 2. The lowest BCUT2D eigenvalue weighted by atomic mass is 10.00. The van der Waals surface area contributed by atoms with Crippen molar-refractivity contribution in [2.45, 2.75) is 13.0 Å². The van der Waals surface area contributed by atoms with Crippen LogP contribution in [0, 0.1) is 5.82 Å². The van der Waals surface area contributed by atoms with E-state index in [4.69, 9.17) is 0 Å². The van der Waals surface area contributed by atoms with E-state index in [1.807, 2.05) is 17.0 Å². The largest absolute Gasteiger partial charge is 0.333 e. The summed E-state index contributed by atoms with van der Waals surface area (Å²) in [5, 5.41) is 0. The number of imidazole rings is 1. The molecule has 24 heavy (non-hydrogen) atoms. The van der Waals surface area contributed by atoms with Crippen molar-refractivity contribution in [1.82, 2.24) is 14.5 Å². The van der Waals surface area contributed by atoms with E-state index < -0.39 is 0 Å². The van der Waals surface area contributed by atoms with Crippen LogP contribution in [0.25, 0.3) is 5.69 Å². The van der Waals surface area contributed by atoms with Gasteiger partial charge in [-0.05, 0) is 41.8 Å². The minimum Gasteiger partial charge on any atom is -0.333 e. The first-order chi connectivity index (χ1) is 11.7. The number of fused-ring (bicyclic) bond motifs is 1. The van der Waals surface area contributed by atoms with Gasteiger partial charge in [-0.2, -0.15) is 0 Å². The van der Waals surface area contributed by atoms with Gasteiger partial charge in [-0.15, -0.1) is 0 Å². The molecule has 0 saturated heterocycles. The number of nitrogens with zero attached hydrogens (tertiary/aromatic N) is 3. The van der Waals surface area contributed by atoms with E-state index in [-0.39, 0.29) is 11.7 Å². The summed E-state index contributed by atoms with van der Waals surface area (Å²) in [7, 11) is 0. The zero-order valence-electron chi connectivity index (χ0n) is 13.0. The Kier molecular flexibility index (Phi) is 3.61. The maximum atomic E-state index is 13.1. The molecule has 0 saturated carbocycles. The Morgan fingerprint density at radius 2 is 1.79 bits per heavy atom. The number of halogens is 1. The Hall–Kier alpha value is -2.95. The molecule has 1 amide bonds. The second-order valence-electron chi connectivity index (χ2n) is 5.87. The summed E-state index contributed by atoms with van der Waals surface area (Å²) < 4.78 is 14.8. The van der Waals surface area contributed by atoms with Crippen LogP contribution in [0.15, 0.2) is 61.1 Å². The Bertz CT molecular complexity index is 886. The summed E-state index contributed by atoms with van der Waals surface area (Å²) in [6.45, 7) is 1.29. The highest BCUT2D eigenvalue weighted by molar-refractivity contribution is 5.93. The third-order valence-corrected chi connectivity index (χ3v) is 4.38. The van der Waals surface area contributed by atoms with Crippen LogP contribution >= 0.6 is 0 Å². The molecule has 3 aromatic rings. The molecule has 0 unspecified atom stereocenters. The Morgan fingerprint density at radius 1 is 1.04 bits per heavy atom. The fourth-order valence-electron chi connectivity index (χ4n) is 3.09. The predicted molar refractivity (Wildman–Crippen MR) is 88.4 cm³/mol. The van der Waals surface area contributed by atoms with E-state index in [2.05, 4.69) is 17.1 Å². The predicted octanol–water partition coefficient (Wildman–Crippen LogP) is 3.21. The molecular formula is C19H16FN3O. The van der Waals surface area contributed by atoms with Crippen molar-refractivity contribution < 1.29 is 9.18 Å². The maximum absolute atomic E-state index is 13.1. The van der Waals surface area contributed by atoms with Gasteiger partial charge in [0.15, 0.2) is 0 Å². The molecular weight excluding hydrogens is 305 g/mol. The van der Waals surface area contributed by atoms with Crippen LogP contribution in [-0.2, 0) is 13.0 Å². The minimum absolute atomic E-state index is 0.0636. The van der Waals surface area contributed by atoms with E-state index >= 15 is 0 Å². The molecule has 4 nitrogen and oxygen atoms in total. The van der Waals surface area contributed by atoms with Gasteiger partial charge in [-0.3, -0.25) is 9.36 Å². The second kappa shape index (κ2) is 5.92. The monoisotopic (exact) mass is 321 g/mol. The molecule has 1 aliphatic heterocycles. The molecule has 0 fully saturated rings.